The Balaban J connectivity index is 1.36. The monoisotopic (exact) mass is 336 g/mol. The van der Waals surface area contributed by atoms with Gasteiger partial charge >= 0.3 is 0 Å². The molecular weight excluding hydrogens is 320 g/mol. The number of pyridine rings is 1. The zero-order valence-electron chi connectivity index (χ0n) is 13.3. The van der Waals surface area contributed by atoms with Crippen molar-refractivity contribution in [3.05, 3.63) is 60.6 Å². The molecule has 4 rings (SSSR count). The van der Waals surface area contributed by atoms with Crippen LogP contribution >= 0.6 is 0 Å². The molecule has 3 aromatic rings. The molecule has 0 unspecified atom stereocenters. The van der Waals surface area contributed by atoms with Gasteiger partial charge < -0.3 is 19.8 Å². The maximum Gasteiger partial charge on any atom is 0.266 e. The largest absolute Gasteiger partial charge is 0.478 e. The molecule has 0 bridgehead atoms. The topological polar surface area (TPSA) is 84.7 Å². The molecule has 0 spiro atoms. The van der Waals surface area contributed by atoms with E-state index in [9.17, 15) is 9.59 Å². The van der Waals surface area contributed by atoms with E-state index < -0.39 is 6.10 Å². The second kappa shape index (κ2) is 6.27. The smallest absolute Gasteiger partial charge is 0.266 e. The van der Waals surface area contributed by atoms with Crippen molar-refractivity contribution in [3.63, 3.8) is 0 Å². The summed E-state index contributed by atoms with van der Waals surface area (Å²) in [4.78, 5) is 28.6. The number of aromatic nitrogens is 2. The molecular formula is C18H16N4O3. The second-order valence-corrected chi connectivity index (χ2v) is 5.77. The Kier molecular flexibility index (Phi) is 3.81. The minimum Gasteiger partial charge on any atom is -0.478 e. The van der Waals surface area contributed by atoms with E-state index in [-0.39, 0.29) is 18.2 Å². The highest BCUT2D eigenvalue weighted by Gasteiger charge is 2.29. The fraction of sp³-hybridized carbons (Fsp3) is 0.167. The predicted molar refractivity (Wildman–Crippen MR) is 91.1 cm³/mol. The van der Waals surface area contributed by atoms with Gasteiger partial charge in [-0.3, -0.25) is 9.59 Å². The van der Waals surface area contributed by atoms with Gasteiger partial charge in [0.25, 0.3) is 5.91 Å². The third-order valence-electron chi connectivity index (χ3n) is 3.96. The van der Waals surface area contributed by atoms with Gasteiger partial charge in [0.05, 0.1) is 24.3 Å². The van der Waals surface area contributed by atoms with Crippen LogP contribution in [0.25, 0.3) is 5.65 Å². The molecule has 2 amide bonds. The number of rotatable bonds is 4. The van der Waals surface area contributed by atoms with Gasteiger partial charge in [-0.1, -0.05) is 18.2 Å². The van der Waals surface area contributed by atoms with Gasteiger partial charge in [0.2, 0.25) is 5.91 Å². The van der Waals surface area contributed by atoms with Crippen molar-refractivity contribution in [3.8, 4) is 5.75 Å². The molecule has 0 aliphatic carbocycles. The molecule has 1 atom stereocenters. The molecule has 0 saturated heterocycles. The molecule has 0 fully saturated rings. The summed E-state index contributed by atoms with van der Waals surface area (Å²) in [6, 6.07) is 12.9. The van der Waals surface area contributed by atoms with Crippen molar-refractivity contribution >= 4 is 23.1 Å². The number of imidazole rings is 1. The number of nitrogens with one attached hydrogen (secondary N) is 2. The van der Waals surface area contributed by atoms with Gasteiger partial charge in [0, 0.05) is 12.4 Å². The lowest BCUT2D eigenvalue weighted by Crippen LogP contribution is -2.40. The second-order valence-electron chi connectivity index (χ2n) is 5.77. The van der Waals surface area contributed by atoms with Crippen LogP contribution in [0.3, 0.4) is 0 Å². The van der Waals surface area contributed by atoms with Crippen molar-refractivity contribution in [2.45, 2.75) is 19.1 Å². The normalized spacial score (nSPS) is 16.0. The van der Waals surface area contributed by atoms with E-state index in [0.717, 1.165) is 11.3 Å². The third kappa shape index (κ3) is 3.16. The van der Waals surface area contributed by atoms with Crippen molar-refractivity contribution in [1.82, 2.24) is 14.7 Å². The molecule has 0 radical (unpaired) electrons. The summed E-state index contributed by atoms with van der Waals surface area (Å²) in [5.41, 5.74) is 2.19. The Labute approximate surface area is 143 Å². The summed E-state index contributed by atoms with van der Waals surface area (Å²) in [5, 5.41) is 5.52. The van der Waals surface area contributed by atoms with Crippen LogP contribution in [0.2, 0.25) is 0 Å². The number of para-hydroxylation sites is 2. The lowest BCUT2D eigenvalue weighted by Gasteiger charge is -2.25. The van der Waals surface area contributed by atoms with Crippen LogP contribution in [-0.2, 0) is 16.1 Å². The Morgan fingerprint density at radius 3 is 2.96 bits per heavy atom. The van der Waals surface area contributed by atoms with Crippen LogP contribution < -0.4 is 15.4 Å². The molecule has 1 aliphatic rings. The summed E-state index contributed by atoms with van der Waals surface area (Å²) < 4.78 is 7.51. The van der Waals surface area contributed by atoms with Crippen LogP contribution in [0.4, 0.5) is 5.69 Å². The third-order valence-corrected chi connectivity index (χ3v) is 3.96. The van der Waals surface area contributed by atoms with E-state index in [1.54, 1.807) is 12.1 Å². The molecule has 7 heteroatoms. The first-order valence-corrected chi connectivity index (χ1v) is 7.95. The number of anilines is 1. The lowest BCUT2D eigenvalue weighted by atomic mass is 10.1. The Hall–Kier alpha value is -3.35. The van der Waals surface area contributed by atoms with E-state index in [2.05, 4.69) is 15.6 Å². The minimum absolute atomic E-state index is 0.0481. The van der Waals surface area contributed by atoms with Crippen molar-refractivity contribution in [1.29, 1.82) is 0 Å². The average molecular weight is 336 g/mol. The molecule has 7 nitrogen and oxygen atoms in total. The minimum atomic E-state index is -0.837. The standard InChI is InChI=1S/C18H16N4O3/c23-17(19-10-12-11-22-8-4-3-7-16(22)20-12)9-15-18(24)21-13-5-1-2-6-14(13)25-15/h1-8,11,15H,9-10H2,(H,19,23)(H,21,24)/t15-/m1/s1. The molecule has 126 valence electrons. The van der Waals surface area contributed by atoms with E-state index in [4.69, 9.17) is 4.74 Å². The predicted octanol–water partition coefficient (Wildman–Crippen LogP) is 1.74. The van der Waals surface area contributed by atoms with E-state index in [0.29, 0.717) is 18.0 Å². The fourth-order valence-electron chi connectivity index (χ4n) is 2.73. The summed E-state index contributed by atoms with van der Waals surface area (Å²) in [5.74, 6) is -0.0154. The Morgan fingerprint density at radius 2 is 2.08 bits per heavy atom. The zero-order chi connectivity index (χ0) is 17.2. The van der Waals surface area contributed by atoms with Gasteiger partial charge in [0.1, 0.15) is 11.4 Å². The number of amides is 2. The number of ether oxygens (including phenoxy) is 1. The fourth-order valence-corrected chi connectivity index (χ4v) is 2.73. The number of benzene rings is 1. The Bertz CT molecular complexity index is 917. The number of fused-ring (bicyclic) bond motifs is 2. The van der Waals surface area contributed by atoms with Gasteiger partial charge in [-0.25, -0.2) is 4.98 Å². The molecule has 1 aliphatic heterocycles. The molecule has 2 aromatic heterocycles. The van der Waals surface area contributed by atoms with Crippen molar-refractivity contribution in [2.75, 3.05) is 5.32 Å². The highest BCUT2D eigenvalue weighted by molar-refractivity contribution is 5.99. The molecule has 0 saturated carbocycles. The number of carbonyl (C=O) groups excluding carboxylic acids is 2. The molecule has 1 aromatic carbocycles. The van der Waals surface area contributed by atoms with Crippen LogP contribution in [0.5, 0.6) is 5.75 Å². The summed E-state index contributed by atoms with van der Waals surface area (Å²) >= 11 is 0. The van der Waals surface area contributed by atoms with Gasteiger partial charge in [0.15, 0.2) is 6.10 Å². The van der Waals surface area contributed by atoms with Crippen LogP contribution in [0.15, 0.2) is 54.9 Å². The Morgan fingerprint density at radius 1 is 1.24 bits per heavy atom. The quantitative estimate of drug-likeness (QED) is 0.760. The maximum atomic E-state index is 12.2. The first-order chi connectivity index (χ1) is 12.2. The number of hydrogen-bond donors (Lipinski definition) is 2. The van der Waals surface area contributed by atoms with Crippen molar-refractivity contribution in [2.24, 2.45) is 0 Å². The van der Waals surface area contributed by atoms with Crippen LogP contribution in [0, 0.1) is 0 Å². The zero-order valence-corrected chi connectivity index (χ0v) is 13.3. The maximum absolute atomic E-state index is 12.2. The number of carbonyl (C=O) groups is 2. The van der Waals surface area contributed by atoms with E-state index in [1.807, 2.05) is 47.1 Å². The molecule has 3 heterocycles. The number of nitrogens with zero attached hydrogens (tertiary/aromatic N) is 2. The summed E-state index contributed by atoms with van der Waals surface area (Å²) in [6.45, 7) is 0.297. The summed E-state index contributed by atoms with van der Waals surface area (Å²) in [7, 11) is 0. The van der Waals surface area contributed by atoms with Crippen LogP contribution in [-0.4, -0.2) is 27.3 Å². The first-order valence-electron chi connectivity index (χ1n) is 7.95. The van der Waals surface area contributed by atoms with Gasteiger partial charge in [-0.15, -0.1) is 0 Å². The highest BCUT2D eigenvalue weighted by Crippen LogP contribution is 2.29. The number of hydrogen-bond acceptors (Lipinski definition) is 4. The average Bonchev–Trinajstić information content (AvgIpc) is 3.03. The molecule has 2 N–H and O–H groups in total. The van der Waals surface area contributed by atoms with E-state index in [1.165, 1.54) is 0 Å². The first kappa shape index (κ1) is 15.2. The van der Waals surface area contributed by atoms with Gasteiger partial charge in [-0.05, 0) is 24.3 Å². The van der Waals surface area contributed by atoms with E-state index >= 15 is 0 Å². The summed E-state index contributed by atoms with van der Waals surface area (Å²) in [6.07, 6.45) is 2.87. The molecule has 25 heavy (non-hydrogen) atoms. The lowest BCUT2D eigenvalue weighted by molar-refractivity contribution is -0.130. The van der Waals surface area contributed by atoms with Gasteiger partial charge in [-0.2, -0.15) is 0 Å². The SMILES string of the molecule is O=C(C[C@H]1Oc2ccccc2NC1=O)NCc1cn2ccccc2n1. The van der Waals surface area contributed by atoms with Crippen molar-refractivity contribution < 1.29 is 14.3 Å². The van der Waals surface area contributed by atoms with Crippen LogP contribution in [0.1, 0.15) is 12.1 Å². The highest BCUT2D eigenvalue weighted by atomic mass is 16.5.